The molecular formula is C8H8N2O5. The van der Waals surface area contributed by atoms with E-state index in [0.29, 0.717) is 0 Å². The molecule has 0 amide bonds. The van der Waals surface area contributed by atoms with Gasteiger partial charge in [-0.1, -0.05) is 6.07 Å². The molecule has 7 nitrogen and oxygen atoms in total. The van der Waals surface area contributed by atoms with E-state index in [1.54, 1.807) is 6.92 Å². The van der Waals surface area contributed by atoms with Crippen LogP contribution in [0.15, 0.2) is 18.2 Å². The summed E-state index contributed by atoms with van der Waals surface area (Å²) in [6.45, 7) is 1.85. The lowest BCUT2D eigenvalue weighted by molar-refractivity contribution is -0.423. The standard InChI is InChI=1S/C8H8N2O5/c1-2-15-7-5-3-4-6(9(11)12)8(7)10(13)14/h3-5H,2H2,1H3. The van der Waals surface area contributed by atoms with Crippen LogP contribution in [0.1, 0.15) is 6.92 Å². The van der Waals surface area contributed by atoms with Crippen molar-refractivity contribution in [2.75, 3.05) is 6.61 Å². The molecule has 80 valence electrons. The Hall–Kier alpha value is -2.18. The monoisotopic (exact) mass is 212 g/mol. The normalized spacial score (nSPS) is 9.67. The topological polar surface area (TPSA) is 95.5 Å². The van der Waals surface area contributed by atoms with Crippen LogP contribution in [0.25, 0.3) is 0 Å². The lowest BCUT2D eigenvalue weighted by Gasteiger charge is -2.03. The highest BCUT2D eigenvalue weighted by Gasteiger charge is 2.28. The lowest BCUT2D eigenvalue weighted by atomic mass is 10.2. The largest absolute Gasteiger partial charge is 0.487 e. The first-order valence-corrected chi connectivity index (χ1v) is 4.12. The van der Waals surface area contributed by atoms with Crippen molar-refractivity contribution >= 4 is 11.4 Å². The molecule has 1 aromatic carbocycles. The zero-order chi connectivity index (χ0) is 11.4. The maximum atomic E-state index is 10.6. The Labute approximate surface area is 84.6 Å². The zero-order valence-corrected chi connectivity index (χ0v) is 7.87. The third-order valence-corrected chi connectivity index (χ3v) is 1.66. The number of ether oxygens (including phenoxy) is 1. The first-order valence-electron chi connectivity index (χ1n) is 4.12. The smallest absolute Gasteiger partial charge is 0.387 e. The summed E-state index contributed by atoms with van der Waals surface area (Å²) >= 11 is 0. The van der Waals surface area contributed by atoms with E-state index in [-0.39, 0.29) is 12.4 Å². The average molecular weight is 212 g/mol. The highest BCUT2D eigenvalue weighted by molar-refractivity contribution is 5.61. The Kier molecular flexibility index (Phi) is 3.17. The van der Waals surface area contributed by atoms with Gasteiger partial charge in [0.15, 0.2) is 0 Å². The minimum absolute atomic E-state index is 0.0864. The summed E-state index contributed by atoms with van der Waals surface area (Å²) in [7, 11) is 0. The molecule has 0 N–H and O–H groups in total. The van der Waals surface area contributed by atoms with E-state index >= 15 is 0 Å². The van der Waals surface area contributed by atoms with Crippen molar-refractivity contribution in [1.29, 1.82) is 0 Å². The predicted molar refractivity (Wildman–Crippen MR) is 50.9 cm³/mol. The maximum Gasteiger partial charge on any atom is 0.387 e. The second kappa shape index (κ2) is 4.36. The van der Waals surface area contributed by atoms with Gasteiger partial charge in [0.1, 0.15) is 0 Å². The molecule has 0 aliphatic rings. The first kappa shape index (κ1) is 10.9. The fourth-order valence-electron chi connectivity index (χ4n) is 1.11. The van der Waals surface area contributed by atoms with E-state index in [2.05, 4.69) is 0 Å². The van der Waals surface area contributed by atoms with Crippen LogP contribution in [-0.4, -0.2) is 16.5 Å². The van der Waals surface area contributed by atoms with E-state index in [4.69, 9.17) is 4.74 Å². The molecule has 15 heavy (non-hydrogen) atoms. The third kappa shape index (κ3) is 2.19. The molecule has 7 heteroatoms. The number of hydrogen-bond acceptors (Lipinski definition) is 5. The molecule has 0 aliphatic carbocycles. The van der Waals surface area contributed by atoms with Gasteiger partial charge in [-0.15, -0.1) is 0 Å². The summed E-state index contributed by atoms with van der Waals surface area (Å²) in [6, 6.07) is 3.74. The average Bonchev–Trinajstić information content (AvgIpc) is 2.17. The fourth-order valence-corrected chi connectivity index (χ4v) is 1.11. The van der Waals surface area contributed by atoms with Crippen molar-refractivity contribution in [1.82, 2.24) is 0 Å². The second-order valence-corrected chi connectivity index (χ2v) is 2.57. The number of nitrogens with zero attached hydrogens (tertiary/aromatic N) is 2. The summed E-state index contributed by atoms with van der Waals surface area (Å²) in [5.41, 5.74) is -1.17. The molecule has 1 aromatic rings. The van der Waals surface area contributed by atoms with Crippen LogP contribution in [-0.2, 0) is 0 Å². The van der Waals surface area contributed by atoms with Crippen LogP contribution in [0.3, 0.4) is 0 Å². The Bertz CT molecular complexity index is 404. The SMILES string of the molecule is CCOc1cccc([N+](=O)[O-])c1[N+](=O)[O-]. The molecule has 0 saturated heterocycles. The Morgan fingerprint density at radius 3 is 2.40 bits per heavy atom. The molecule has 0 bridgehead atoms. The van der Waals surface area contributed by atoms with Crippen LogP contribution >= 0.6 is 0 Å². The number of benzene rings is 1. The van der Waals surface area contributed by atoms with Crippen molar-refractivity contribution in [3.8, 4) is 5.75 Å². The highest BCUT2D eigenvalue weighted by Crippen LogP contribution is 2.35. The van der Waals surface area contributed by atoms with Crippen molar-refractivity contribution < 1.29 is 14.6 Å². The Balaban J connectivity index is 3.34. The van der Waals surface area contributed by atoms with Crippen LogP contribution in [0, 0.1) is 20.2 Å². The van der Waals surface area contributed by atoms with Gasteiger partial charge in [0, 0.05) is 6.07 Å². The molecule has 0 heterocycles. The molecule has 0 unspecified atom stereocenters. The Morgan fingerprint density at radius 1 is 1.27 bits per heavy atom. The molecule has 0 radical (unpaired) electrons. The lowest BCUT2D eigenvalue weighted by Crippen LogP contribution is -2.01. The summed E-state index contributed by atoms with van der Waals surface area (Å²) < 4.78 is 4.94. The van der Waals surface area contributed by atoms with E-state index in [9.17, 15) is 20.2 Å². The highest BCUT2D eigenvalue weighted by atomic mass is 16.6. The van der Waals surface area contributed by atoms with Crippen LogP contribution in [0.4, 0.5) is 11.4 Å². The summed E-state index contributed by atoms with van der Waals surface area (Å²) in [5, 5.41) is 21.2. The molecule has 0 aromatic heterocycles. The number of nitro groups is 2. The van der Waals surface area contributed by atoms with Crippen LogP contribution in [0.2, 0.25) is 0 Å². The second-order valence-electron chi connectivity index (χ2n) is 2.57. The summed E-state index contributed by atoms with van der Waals surface area (Å²) in [6.07, 6.45) is 0. The Morgan fingerprint density at radius 2 is 1.93 bits per heavy atom. The van der Waals surface area contributed by atoms with Crippen LogP contribution in [0.5, 0.6) is 5.75 Å². The number of nitro benzene ring substituents is 2. The summed E-state index contributed by atoms with van der Waals surface area (Å²) in [4.78, 5) is 19.5. The van der Waals surface area contributed by atoms with Gasteiger partial charge in [-0.05, 0) is 13.0 Å². The number of hydrogen-bond donors (Lipinski definition) is 0. The van der Waals surface area contributed by atoms with E-state index < -0.39 is 21.2 Å². The summed E-state index contributed by atoms with van der Waals surface area (Å²) in [5.74, 6) is -0.0864. The van der Waals surface area contributed by atoms with Crippen LogP contribution < -0.4 is 4.74 Å². The fraction of sp³-hybridized carbons (Fsp3) is 0.250. The van der Waals surface area contributed by atoms with E-state index in [0.717, 1.165) is 6.07 Å². The molecule has 0 fully saturated rings. The molecule has 0 aliphatic heterocycles. The van der Waals surface area contributed by atoms with Gasteiger partial charge in [-0.3, -0.25) is 20.2 Å². The molecule has 0 atom stereocenters. The zero-order valence-electron chi connectivity index (χ0n) is 7.87. The molecule has 0 saturated carbocycles. The van der Waals surface area contributed by atoms with Gasteiger partial charge in [-0.25, -0.2) is 0 Å². The molecule has 0 spiro atoms. The predicted octanol–water partition coefficient (Wildman–Crippen LogP) is 1.90. The van der Waals surface area contributed by atoms with Gasteiger partial charge in [-0.2, -0.15) is 0 Å². The van der Waals surface area contributed by atoms with Gasteiger partial charge < -0.3 is 4.74 Å². The number of rotatable bonds is 4. The minimum atomic E-state index is -0.816. The van der Waals surface area contributed by atoms with Gasteiger partial charge >= 0.3 is 11.4 Å². The quantitative estimate of drug-likeness (QED) is 0.560. The van der Waals surface area contributed by atoms with Gasteiger partial charge in [0.25, 0.3) is 0 Å². The van der Waals surface area contributed by atoms with Crippen molar-refractivity contribution in [2.24, 2.45) is 0 Å². The van der Waals surface area contributed by atoms with Gasteiger partial charge in [0.2, 0.25) is 5.75 Å². The third-order valence-electron chi connectivity index (χ3n) is 1.66. The minimum Gasteiger partial charge on any atom is -0.487 e. The van der Waals surface area contributed by atoms with E-state index in [1.165, 1.54) is 12.1 Å². The van der Waals surface area contributed by atoms with E-state index in [1.807, 2.05) is 0 Å². The van der Waals surface area contributed by atoms with Crippen molar-refractivity contribution in [2.45, 2.75) is 6.92 Å². The first-order chi connectivity index (χ1) is 7.07. The van der Waals surface area contributed by atoms with Crippen molar-refractivity contribution in [3.05, 3.63) is 38.4 Å². The van der Waals surface area contributed by atoms with Gasteiger partial charge in [0.05, 0.1) is 16.5 Å². The molecular weight excluding hydrogens is 204 g/mol. The van der Waals surface area contributed by atoms with Crippen molar-refractivity contribution in [3.63, 3.8) is 0 Å². The maximum absolute atomic E-state index is 10.6. The molecule has 1 rings (SSSR count). The number of para-hydroxylation sites is 1.